The van der Waals surface area contributed by atoms with Gasteiger partial charge in [-0.15, -0.1) is 0 Å². The number of anilines is 1. The standard InChI is InChI=1S/C14H20BrN5/c1-5-6-16-14-12(15)10(4)18-13(19-14)11-7-17-20(8-11)9(2)3/h7-9H,5-6H2,1-4H3,(H,16,18,19). The van der Waals surface area contributed by atoms with E-state index in [2.05, 4.69) is 57.1 Å². The molecule has 2 rings (SSSR count). The number of aromatic nitrogens is 4. The van der Waals surface area contributed by atoms with Crippen molar-refractivity contribution in [2.24, 2.45) is 0 Å². The van der Waals surface area contributed by atoms with E-state index in [0.717, 1.165) is 34.5 Å². The molecule has 20 heavy (non-hydrogen) atoms. The van der Waals surface area contributed by atoms with E-state index in [-0.39, 0.29) is 0 Å². The van der Waals surface area contributed by atoms with Gasteiger partial charge in [0.1, 0.15) is 5.82 Å². The van der Waals surface area contributed by atoms with Gasteiger partial charge in [-0.25, -0.2) is 9.97 Å². The summed E-state index contributed by atoms with van der Waals surface area (Å²) < 4.78 is 2.83. The second-order valence-corrected chi connectivity index (χ2v) is 5.82. The van der Waals surface area contributed by atoms with Crippen molar-refractivity contribution >= 4 is 21.7 Å². The first kappa shape index (κ1) is 15.0. The summed E-state index contributed by atoms with van der Waals surface area (Å²) in [6.07, 6.45) is 4.85. The van der Waals surface area contributed by atoms with Crippen molar-refractivity contribution in [3.63, 3.8) is 0 Å². The minimum atomic E-state index is 0.331. The summed E-state index contributed by atoms with van der Waals surface area (Å²) in [6.45, 7) is 9.18. The van der Waals surface area contributed by atoms with Crippen molar-refractivity contribution in [3.05, 3.63) is 22.6 Å². The highest BCUT2D eigenvalue weighted by Crippen LogP contribution is 2.26. The Kier molecular flexibility index (Phi) is 4.75. The maximum absolute atomic E-state index is 4.59. The summed E-state index contributed by atoms with van der Waals surface area (Å²) in [5, 5.41) is 7.66. The molecule has 0 aromatic carbocycles. The van der Waals surface area contributed by atoms with Crippen molar-refractivity contribution in [1.82, 2.24) is 19.7 Å². The van der Waals surface area contributed by atoms with Crippen LogP contribution in [0.25, 0.3) is 11.4 Å². The van der Waals surface area contributed by atoms with Crippen molar-refractivity contribution in [3.8, 4) is 11.4 Å². The highest BCUT2D eigenvalue weighted by molar-refractivity contribution is 9.10. The lowest BCUT2D eigenvalue weighted by Crippen LogP contribution is -2.06. The third-order valence-electron chi connectivity index (χ3n) is 2.95. The largest absolute Gasteiger partial charge is 0.369 e. The Morgan fingerprint density at radius 2 is 2.10 bits per heavy atom. The van der Waals surface area contributed by atoms with Crippen molar-refractivity contribution < 1.29 is 0 Å². The van der Waals surface area contributed by atoms with Crippen LogP contribution in [0, 0.1) is 6.92 Å². The number of aryl methyl sites for hydroxylation is 1. The fourth-order valence-electron chi connectivity index (χ4n) is 1.78. The molecule has 0 atom stereocenters. The Labute approximate surface area is 128 Å². The van der Waals surface area contributed by atoms with Crippen molar-refractivity contribution in [1.29, 1.82) is 0 Å². The van der Waals surface area contributed by atoms with E-state index < -0.39 is 0 Å². The third-order valence-corrected chi connectivity index (χ3v) is 3.90. The van der Waals surface area contributed by atoms with E-state index in [1.54, 1.807) is 0 Å². The highest BCUT2D eigenvalue weighted by atomic mass is 79.9. The van der Waals surface area contributed by atoms with Crippen LogP contribution in [0.3, 0.4) is 0 Å². The number of hydrogen-bond donors (Lipinski definition) is 1. The predicted octanol–water partition coefficient (Wildman–Crippen LogP) is 3.81. The van der Waals surface area contributed by atoms with Gasteiger partial charge in [0, 0.05) is 18.8 Å². The number of hydrogen-bond acceptors (Lipinski definition) is 4. The van der Waals surface area contributed by atoms with Crippen LogP contribution in [0.15, 0.2) is 16.9 Å². The molecule has 0 aliphatic carbocycles. The summed E-state index contributed by atoms with van der Waals surface area (Å²) in [5.74, 6) is 1.54. The van der Waals surface area contributed by atoms with Gasteiger partial charge in [-0.1, -0.05) is 6.92 Å². The van der Waals surface area contributed by atoms with Gasteiger partial charge in [0.2, 0.25) is 0 Å². The van der Waals surface area contributed by atoms with Gasteiger partial charge in [0.15, 0.2) is 5.82 Å². The molecule has 2 aromatic rings. The van der Waals surface area contributed by atoms with Gasteiger partial charge in [-0.2, -0.15) is 5.10 Å². The fourth-order valence-corrected chi connectivity index (χ4v) is 2.10. The summed E-state index contributed by atoms with van der Waals surface area (Å²) in [6, 6.07) is 0.331. The lowest BCUT2D eigenvalue weighted by molar-refractivity contribution is 0.532. The SMILES string of the molecule is CCCNc1nc(-c2cnn(C(C)C)c2)nc(C)c1Br. The monoisotopic (exact) mass is 337 g/mol. The van der Waals surface area contributed by atoms with Crippen molar-refractivity contribution in [2.75, 3.05) is 11.9 Å². The predicted molar refractivity (Wildman–Crippen MR) is 84.9 cm³/mol. The van der Waals surface area contributed by atoms with E-state index in [1.807, 2.05) is 24.0 Å². The molecule has 0 radical (unpaired) electrons. The Balaban J connectivity index is 2.37. The summed E-state index contributed by atoms with van der Waals surface area (Å²) in [4.78, 5) is 9.12. The van der Waals surface area contributed by atoms with Crippen molar-refractivity contribution in [2.45, 2.75) is 40.2 Å². The minimum Gasteiger partial charge on any atom is -0.369 e. The maximum Gasteiger partial charge on any atom is 0.165 e. The summed E-state index contributed by atoms with van der Waals surface area (Å²) >= 11 is 3.54. The first-order valence-corrected chi connectivity index (χ1v) is 7.64. The number of nitrogens with one attached hydrogen (secondary N) is 1. The first-order chi connectivity index (χ1) is 9.52. The quantitative estimate of drug-likeness (QED) is 0.901. The molecule has 0 aliphatic rings. The number of halogens is 1. The molecule has 0 saturated carbocycles. The van der Waals surface area contributed by atoms with Crippen LogP contribution in [0.5, 0.6) is 0 Å². The maximum atomic E-state index is 4.59. The van der Waals surface area contributed by atoms with E-state index in [4.69, 9.17) is 0 Å². The topological polar surface area (TPSA) is 55.6 Å². The van der Waals surface area contributed by atoms with Crippen LogP contribution in [0.1, 0.15) is 38.9 Å². The zero-order chi connectivity index (χ0) is 14.7. The molecular weight excluding hydrogens is 318 g/mol. The van der Waals surface area contributed by atoms with Crippen LogP contribution in [-0.2, 0) is 0 Å². The van der Waals surface area contributed by atoms with Gasteiger partial charge in [0.25, 0.3) is 0 Å². The lowest BCUT2D eigenvalue weighted by atomic mass is 10.3. The Hall–Kier alpha value is -1.43. The third kappa shape index (κ3) is 3.17. The second-order valence-electron chi connectivity index (χ2n) is 5.02. The highest BCUT2D eigenvalue weighted by Gasteiger charge is 2.12. The number of rotatable bonds is 5. The van der Waals surface area contributed by atoms with Gasteiger partial charge in [-0.05, 0) is 43.1 Å². The van der Waals surface area contributed by atoms with Crippen LogP contribution in [-0.4, -0.2) is 26.3 Å². The normalized spacial score (nSPS) is 11.1. The molecule has 0 aliphatic heterocycles. The molecule has 2 heterocycles. The van der Waals surface area contributed by atoms with Crippen LogP contribution in [0.4, 0.5) is 5.82 Å². The number of nitrogens with zero attached hydrogens (tertiary/aromatic N) is 4. The zero-order valence-electron chi connectivity index (χ0n) is 12.3. The second kappa shape index (κ2) is 6.35. The van der Waals surface area contributed by atoms with E-state index >= 15 is 0 Å². The van der Waals surface area contributed by atoms with E-state index in [1.165, 1.54) is 0 Å². The molecule has 108 valence electrons. The molecule has 0 spiro atoms. The molecule has 1 N–H and O–H groups in total. The zero-order valence-corrected chi connectivity index (χ0v) is 13.9. The van der Waals surface area contributed by atoms with Gasteiger partial charge in [0.05, 0.1) is 21.9 Å². The molecular formula is C14H20BrN5. The summed E-state index contributed by atoms with van der Waals surface area (Å²) in [7, 11) is 0. The molecule has 0 bridgehead atoms. The van der Waals surface area contributed by atoms with Gasteiger partial charge >= 0.3 is 0 Å². The molecule has 6 heteroatoms. The molecule has 0 fully saturated rings. The Morgan fingerprint density at radius 1 is 1.35 bits per heavy atom. The van der Waals surface area contributed by atoms with Gasteiger partial charge in [-0.3, -0.25) is 4.68 Å². The van der Waals surface area contributed by atoms with E-state index in [0.29, 0.717) is 11.9 Å². The summed E-state index contributed by atoms with van der Waals surface area (Å²) in [5.41, 5.74) is 1.86. The van der Waals surface area contributed by atoms with Crippen LogP contribution >= 0.6 is 15.9 Å². The smallest absolute Gasteiger partial charge is 0.165 e. The Morgan fingerprint density at radius 3 is 2.70 bits per heavy atom. The first-order valence-electron chi connectivity index (χ1n) is 6.85. The minimum absolute atomic E-state index is 0.331. The molecule has 0 amide bonds. The lowest BCUT2D eigenvalue weighted by Gasteiger charge is -2.10. The molecule has 5 nitrogen and oxygen atoms in total. The Bertz CT molecular complexity index is 591. The van der Waals surface area contributed by atoms with Crippen LogP contribution in [0.2, 0.25) is 0 Å². The average molecular weight is 338 g/mol. The fraction of sp³-hybridized carbons (Fsp3) is 0.500. The van der Waals surface area contributed by atoms with E-state index in [9.17, 15) is 0 Å². The van der Waals surface area contributed by atoms with Crippen LogP contribution < -0.4 is 5.32 Å². The van der Waals surface area contributed by atoms with Gasteiger partial charge < -0.3 is 5.32 Å². The molecule has 2 aromatic heterocycles. The average Bonchev–Trinajstić information content (AvgIpc) is 2.90. The molecule has 0 saturated heterocycles. The molecule has 0 unspecified atom stereocenters.